The van der Waals surface area contributed by atoms with Crippen molar-refractivity contribution >= 4 is 17.6 Å². The lowest BCUT2D eigenvalue weighted by Crippen LogP contribution is -2.50. The van der Waals surface area contributed by atoms with Gasteiger partial charge in [0.15, 0.2) is 0 Å². The number of carbonyl (C=O) groups is 2. The zero-order chi connectivity index (χ0) is 19.1. The van der Waals surface area contributed by atoms with Crippen LogP contribution in [0, 0.1) is 5.41 Å². The molecule has 0 spiro atoms. The van der Waals surface area contributed by atoms with Gasteiger partial charge in [-0.25, -0.2) is 0 Å². The predicted octanol–water partition coefficient (Wildman–Crippen LogP) is 1.86. The minimum atomic E-state index is -3.55. The lowest BCUT2D eigenvalue weighted by Gasteiger charge is -2.36. The molecule has 1 saturated carbocycles. The smallest absolute Gasteiger partial charge is 0.322 e. The molecule has 0 radical (unpaired) electrons. The van der Waals surface area contributed by atoms with E-state index in [1.54, 1.807) is 6.08 Å². The molecule has 26 heavy (non-hydrogen) atoms. The van der Waals surface area contributed by atoms with Crippen LogP contribution in [-0.2, 0) is 9.59 Å². The van der Waals surface area contributed by atoms with Crippen LogP contribution >= 0.6 is 0 Å². The Labute approximate surface area is 151 Å². The average Bonchev–Trinajstić information content (AvgIpc) is 2.90. The Balaban J connectivity index is 1.72. The van der Waals surface area contributed by atoms with Gasteiger partial charge in [-0.15, -0.1) is 0 Å². The second-order valence-electron chi connectivity index (χ2n) is 7.35. The largest absolute Gasteiger partial charge is 0.330 e. The maximum Gasteiger partial charge on any atom is 0.322 e. The van der Waals surface area contributed by atoms with Crippen LogP contribution in [0.3, 0.4) is 0 Å². The van der Waals surface area contributed by atoms with Gasteiger partial charge in [-0.2, -0.15) is 8.78 Å². The molecule has 8 heteroatoms. The van der Waals surface area contributed by atoms with Crippen LogP contribution < -0.4 is 11.1 Å². The van der Waals surface area contributed by atoms with Crippen LogP contribution in [0.25, 0.3) is 0 Å². The summed E-state index contributed by atoms with van der Waals surface area (Å²) in [6, 6.07) is -0.00138. The number of hydrogen-bond donors (Lipinski definition) is 3. The molecule has 3 rings (SSSR count). The summed E-state index contributed by atoms with van der Waals surface area (Å²) >= 11 is 0. The summed E-state index contributed by atoms with van der Waals surface area (Å²) in [5.74, 6) is -5.55. The molecule has 0 aromatic rings. The van der Waals surface area contributed by atoms with Gasteiger partial charge in [-0.05, 0) is 42.9 Å². The fourth-order valence-corrected chi connectivity index (χ4v) is 3.87. The first-order valence-corrected chi connectivity index (χ1v) is 8.96. The zero-order valence-corrected chi connectivity index (χ0v) is 14.8. The second kappa shape index (κ2) is 6.90. The molecule has 1 heterocycles. The number of hydrogen-bond acceptors (Lipinski definition) is 4. The summed E-state index contributed by atoms with van der Waals surface area (Å²) in [6.45, 7) is 1.03. The lowest BCUT2D eigenvalue weighted by atomic mass is 9.90. The van der Waals surface area contributed by atoms with Crippen molar-refractivity contribution in [1.29, 1.82) is 5.41 Å². The minimum Gasteiger partial charge on any atom is -0.330 e. The summed E-state index contributed by atoms with van der Waals surface area (Å²) in [5, 5.41) is 9.81. The molecule has 1 unspecified atom stereocenters. The molecule has 0 aromatic carbocycles. The normalized spacial score (nSPS) is 26.5. The van der Waals surface area contributed by atoms with Crippen molar-refractivity contribution in [3.63, 3.8) is 0 Å². The van der Waals surface area contributed by atoms with E-state index in [4.69, 9.17) is 11.1 Å². The van der Waals surface area contributed by atoms with Crippen molar-refractivity contribution < 1.29 is 18.4 Å². The van der Waals surface area contributed by atoms with Crippen molar-refractivity contribution in [2.75, 3.05) is 6.54 Å². The maximum atomic E-state index is 13.0. The van der Waals surface area contributed by atoms with E-state index in [0.717, 1.165) is 31.3 Å². The molecule has 2 amide bonds. The van der Waals surface area contributed by atoms with Gasteiger partial charge >= 0.3 is 5.92 Å². The molecule has 3 aliphatic rings. The number of rotatable bonds is 3. The summed E-state index contributed by atoms with van der Waals surface area (Å²) in [6.07, 6.45) is 6.50. The molecule has 4 N–H and O–H groups in total. The van der Waals surface area contributed by atoms with E-state index in [-0.39, 0.29) is 23.8 Å². The quantitative estimate of drug-likeness (QED) is 0.525. The fourth-order valence-electron chi connectivity index (χ4n) is 3.87. The number of amidine groups is 1. The Kier molecular flexibility index (Phi) is 4.96. The van der Waals surface area contributed by atoms with Gasteiger partial charge in [0.1, 0.15) is 5.84 Å². The molecule has 1 fully saturated rings. The topological polar surface area (TPSA) is 99.3 Å². The first-order valence-electron chi connectivity index (χ1n) is 8.96. The molecule has 2 atom stereocenters. The van der Waals surface area contributed by atoms with Crippen LogP contribution in [-0.4, -0.2) is 47.1 Å². The number of alkyl halides is 2. The van der Waals surface area contributed by atoms with Gasteiger partial charge in [-0.1, -0.05) is 12.8 Å². The third-order valence-corrected chi connectivity index (χ3v) is 5.39. The molecular formula is C18H24F2N4O2. The third kappa shape index (κ3) is 3.56. The Morgan fingerprint density at radius 3 is 2.69 bits per heavy atom. The van der Waals surface area contributed by atoms with E-state index < -0.39 is 11.8 Å². The summed E-state index contributed by atoms with van der Waals surface area (Å²) in [4.78, 5) is 26.0. The van der Waals surface area contributed by atoms with Gasteiger partial charge < -0.3 is 16.0 Å². The minimum absolute atomic E-state index is 0.0247. The molecule has 142 valence electrons. The maximum absolute atomic E-state index is 13.0. The Hall–Kier alpha value is -2.09. The number of halogens is 2. The van der Waals surface area contributed by atoms with E-state index in [2.05, 4.69) is 0 Å². The van der Waals surface area contributed by atoms with E-state index in [1.807, 2.05) is 10.2 Å². The van der Waals surface area contributed by atoms with Crippen LogP contribution in [0.4, 0.5) is 8.78 Å². The standard InChI is InChI=1S/C18H24F2N4O2/c1-18(19,20)17(26)23-15(22)10-6-7-11-9-24(16(25)12(11)8-10)14-5-3-2-4-13(14)21/h8,13-14H,2-7,9,21H2,1H3,(H2,22,23,26)/t13-,14?/m1/s1. The van der Waals surface area contributed by atoms with Crippen LogP contribution in [0.2, 0.25) is 0 Å². The van der Waals surface area contributed by atoms with Gasteiger partial charge in [0.2, 0.25) is 0 Å². The van der Waals surface area contributed by atoms with Gasteiger partial charge in [0.25, 0.3) is 11.8 Å². The average molecular weight is 366 g/mol. The van der Waals surface area contributed by atoms with Crippen molar-refractivity contribution in [2.45, 2.75) is 63.5 Å². The molecule has 0 saturated heterocycles. The highest BCUT2D eigenvalue weighted by molar-refractivity contribution is 6.10. The summed E-state index contributed by atoms with van der Waals surface area (Å²) in [7, 11) is 0. The van der Waals surface area contributed by atoms with Crippen molar-refractivity contribution in [1.82, 2.24) is 10.2 Å². The summed E-state index contributed by atoms with van der Waals surface area (Å²) in [5.41, 5.74) is 8.11. The third-order valence-electron chi connectivity index (χ3n) is 5.39. The van der Waals surface area contributed by atoms with E-state index in [1.165, 1.54) is 0 Å². The zero-order valence-electron chi connectivity index (χ0n) is 14.8. The summed E-state index contributed by atoms with van der Waals surface area (Å²) < 4.78 is 26.0. The number of amides is 2. The van der Waals surface area contributed by atoms with E-state index in [0.29, 0.717) is 37.5 Å². The Bertz CT molecular complexity index is 708. The number of nitrogens with one attached hydrogen (secondary N) is 2. The monoisotopic (exact) mass is 366 g/mol. The van der Waals surface area contributed by atoms with Crippen LogP contribution in [0.5, 0.6) is 0 Å². The van der Waals surface area contributed by atoms with E-state index >= 15 is 0 Å². The number of nitrogens with two attached hydrogens (primary N) is 1. The molecule has 1 aliphatic heterocycles. The lowest BCUT2D eigenvalue weighted by molar-refractivity contribution is -0.141. The number of carbonyl (C=O) groups excluding carboxylic acids is 2. The first kappa shape index (κ1) is 18.7. The molecule has 0 aromatic heterocycles. The Morgan fingerprint density at radius 2 is 2.04 bits per heavy atom. The van der Waals surface area contributed by atoms with Gasteiger partial charge in [0, 0.05) is 31.1 Å². The number of nitrogens with zero attached hydrogens (tertiary/aromatic N) is 1. The fraction of sp³-hybridized carbons (Fsp3) is 0.611. The van der Waals surface area contributed by atoms with Crippen molar-refractivity contribution in [3.05, 3.63) is 22.8 Å². The van der Waals surface area contributed by atoms with Crippen molar-refractivity contribution in [3.8, 4) is 0 Å². The molecular weight excluding hydrogens is 342 g/mol. The molecule has 0 bridgehead atoms. The van der Waals surface area contributed by atoms with Gasteiger partial charge in [-0.3, -0.25) is 15.0 Å². The highest BCUT2D eigenvalue weighted by atomic mass is 19.3. The first-order chi connectivity index (χ1) is 12.2. The highest BCUT2D eigenvalue weighted by Crippen LogP contribution is 2.35. The van der Waals surface area contributed by atoms with E-state index in [9.17, 15) is 18.4 Å². The highest BCUT2D eigenvalue weighted by Gasteiger charge is 2.39. The van der Waals surface area contributed by atoms with Crippen molar-refractivity contribution in [2.24, 2.45) is 5.73 Å². The molecule has 6 nitrogen and oxygen atoms in total. The predicted molar refractivity (Wildman–Crippen MR) is 92.8 cm³/mol. The SMILES string of the molecule is CC(F)(F)C(=O)NC(=N)C1=CC2=C(CC1)CN(C1CCCC[C@H]1N)C2=O. The Morgan fingerprint density at radius 1 is 1.35 bits per heavy atom. The van der Waals surface area contributed by atoms with Crippen LogP contribution in [0.1, 0.15) is 45.4 Å². The second-order valence-corrected chi connectivity index (χ2v) is 7.35. The van der Waals surface area contributed by atoms with Gasteiger partial charge in [0.05, 0.1) is 0 Å². The van der Waals surface area contributed by atoms with Crippen LogP contribution in [0.15, 0.2) is 22.8 Å². The molecule has 2 aliphatic carbocycles.